The van der Waals surface area contributed by atoms with Crippen LogP contribution in [0.2, 0.25) is 0 Å². The molecule has 2 aromatic rings. The molecule has 140 valence electrons. The Kier molecular flexibility index (Phi) is 6.08. The van der Waals surface area contributed by atoms with Gasteiger partial charge < -0.3 is 5.32 Å². The van der Waals surface area contributed by atoms with Crippen molar-refractivity contribution in [2.24, 2.45) is 0 Å². The van der Waals surface area contributed by atoms with E-state index in [1.165, 1.54) is 5.56 Å². The maximum absolute atomic E-state index is 12.4. The molecule has 0 saturated carbocycles. The fraction of sp³-hybridized carbons (Fsp3) is 0.350. The summed E-state index contributed by atoms with van der Waals surface area (Å²) in [4.78, 5) is 12.4. The van der Waals surface area contributed by atoms with Gasteiger partial charge >= 0.3 is 0 Å². The van der Waals surface area contributed by atoms with Crippen LogP contribution >= 0.6 is 0 Å². The molecule has 0 aliphatic heterocycles. The second-order valence-electron chi connectivity index (χ2n) is 6.88. The number of sulfonamides is 1. The van der Waals surface area contributed by atoms with Gasteiger partial charge in [0.15, 0.2) is 0 Å². The van der Waals surface area contributed by atoms with Gasteiger partial charge in [-0.1, -0.05) is 43.7 Å². The summed E-state index contributed by atoms with van der Waals surface area (Å²) < 4.78 is 25.6. The normalized spacial score (nSPS) is 11.5. The van der Waals surface area contributed by atoms with Crippen LogP contribution in [-0.4, -0.2) is 27.1 Å². The first-order chi connectivity index (χ1) is 12.1. The highest BCUT2D eigenvalue weighted by molar-refractivity contribution is 7.92. The van der Waals surface area contributed by atoms with E-state index in [2.05, 4.69) is 19.2 Å². The Hall–Kier alpha value is -2.34. The monoisotopic (exact) mass is 374 g/mol. The Morgan fingerprint density at radius 3 is 2.19 bits per heavy atom. The third-order valence-electron chi connectivity index (χ3n) is 4.17. The molecule has 1 N–H and O–H groups in total. The average molecular weight is 375 g/mol. The first-order valence-electron chi connectivity index (χ1n) is 8.52. The molecule has 0 heterocycles. The number of nitrogens with zero attached hydrogens (tertiary/aromatic N) is 1. The Bertz CT molecular complexity index is 888. The molecule has 26 heavy (non-hydrogen) atoms. The Labute approximate surface area is 156 Å². The van der Waals surface area contributed by atoms with Crippen LogP contribution in [0.5, 0.6) is 0 Å². The van der Waals surface area contributed by atoms with Crippen LogP contribution in [0.25, 0.3) is 0 Å². The number of carbonyl (C=O) groups excluding carboxylic acids is 1. The van der Waals surface area contributed by atoms with Crippen molar-refractivity contribution in [1.29, 1.82) is 0 Å². The minimum Gasteiger partial charge on any atom is -0.325 e. The van der Waals surface area contributed by atoms with Gasteiger partial charge in [-0.05, 0) is 49.1 Å². The molecule has 1 amide bonds. The van der Waals surface area contributed by atoms with Gasteiger partial charge in [-0.15, -0.1) is 0 Å². The van der Waals surface area contributed by atoms with E-state index in [1.54, 1.807) is 6.07 Å². The number of hydrogen-bond acceptors (Lipinski definition) is 3. The number of hydrogen-bond donors (Lipinski definition) is 1. The molecule has 0 atom stereocenters. The molecule has 0 saturated heterocycles. The van der Waals surface area contributed by atoms with Gasteiger partial charge in [0.25, 0.3) is 0 Å². The minimum absolute atomic E-state index is 0.269. The Balaban J connectivity index is 2.19. The van der Waals surface area contributed by atoms with E-state index in [9.17, 15) is 13.2 Å². The molecule has 0 aromatic heterocycles. The predicted molar refractivity (Wildman–Crippen MR) is 107 cm³/mol. The van der Waals surface area contributed by atoms with Gasteiger partial charge in [0, 0.05) is 5.69 Å². The fourth-order valence-corrected chi connectivity index (χ4v) is 3.66. The first-order valence-corrected chi connectivity index (χ1v) is 10.4. The highest BCUT2D eigenvalue weighted by Crippen LogP contribution is 2.24. The van der Waals surface area contributed by atoms with Gasteiger partial charge in [-0.25, -0.2) is 8.42 Å². The summed E-state index contributed by atoms with van der Waals surface area (Å²) in [6.45, 7) is 7.70. The highest BCUT2D eigenvalue weighted by Gasteiger charge is 2.22. The molecule has 0 aliphatic rings. The number of rotatable bonds is 6. The second-order valence-corrected chi connectivity index (χ2v) is 8.79. The van der Waals surface area contributed by atoms with Crippen molar-refractivity contribution in [3.63, 3.8) is 0 Å². The summed E-state index contributed by atoms with van der Waals surface area (Å²) in [6, 6.07) is 13.0. The number of aryl methyl sites for hydroxylation is 2. The lowest BCUT2D eigenvalue weighted by molar-refractivity contribution is -0.114. The van der Waals surface area contributed by atoms with Crippen molar-refractivity contribution in [3.8, 4) is 0 Å². The van der Waals surface area contributed by atoms with Crippen LogP contribution in [0.4, 0.5) is 11.4 Å². The van der Waals surface area contributed by atoms with Gasteiger partial charge in [0.05, 0.1) is 11.9 Å². The van der Waals surface area contributed by atoms with Crippen LogP contribution in [-0.2, 0) is 14.8 Å². The topological polar surface area (TPSA) is 66.5 Å². The zero-order valence-electron chi connectivity index (χ0n) is 15.9. The molecule has 2 aromatic carbocycles. The van der Waals surface area contributed by atoms with Crippen LogP contribution in [0.15, 0.2) is 42.5 Å². The lowest BCUT2D eigenvalue weighted by Gasteiger charge is -2.24. The lowest BCUT2D eigenvalue weighted by Crippen LogP contribution is -2.37. The zero-order valence-corrected chi connectivity index (χ0v) is 16.7. The second kappa shape index (κ2) is 7.91. The molecule has 0 spiro atoms. The number of benzene rings is 2. The van der Waals surface area contributed by atoms with Gasteiger partial charge in [-0.2, -0.15) is 0 Å². The Morgan fingerprint density at radius 1 is 1.08 bits per heavy atom. The van der Waals surface area contributed by atoms with Crippen LogP contribution in [0, 0.1) is 13.8 Å². The van der Waals surface area contributed by atoms with Crippen molar-refractivity contribution in [1.82, 2.24) is 0 Å². The minimum atomic E-state index is -3.59. The molecule has 0 unspecified atom stereocenters. The molecule has 0 aliphatic carbocycles. The van der Waals surface area contributed by atoms with Crippen LogP contribution in [0.3, 0.4) is 0 Å². The predicted octanol–water partition coefficient (Wildman–Crippen LogP) is 3.83. The smallest absolute Gasteiger partial charge is 0.245 e. The van der Waals surface area contributed by atoms with E-state index in [0.29, 0.717) is 17.3 Å². The SMILES string of the molecule is Cc1ccc(N(CC(=O)Nc2ccc(C(C)C)cc2)S(C)(=O)=O)c(C)c1. The summed E-state index contributed by atoms with van der Waals surface area (Å²) in [5, 5.41) is 2.77. The van der Waals surface area contributed by atoms with E-state index in [-0.39, 0.29) is 12.5 Å². The number of anilines is 2. The number of amides is 1. The van der Waals surface area contributed by atoms with Gasteiger partial charge in [-0.3, -0.25) is 9.10 Å². The first kappa shape index (κ1) is 20.0. The van der Waals surface area contributed by atoms with Crippen molar-refractivity contribution in [3.05, 3.63) is 59.2 Å². The largest absolute Gasteiger partial charge is 0.325 e. The maximum Gasteiger partial charge on any atom is 0.245 e. The van der Waals surface area contributed by atoms with Crippen molar-refractivity contribution in [2.45, 2.75) is 33.6 Å². The van der Waals surface area contributed by atoms with E-state index < -0.39 is 10.0 Å². The van der Waals surface area contributed by atoms with E-state index in [0.717, 1.165) is 21.7 Å². The summed E-state index contributed by atoms with van der Waals surface area (Å²) in [6.07, 6.45) is 1.11. The summed E-state index contributed by atoms with van der Waals surface area (Å²) in [5.74, 6) is 0.0256. The zero-order chi connectivity index (χ0) is 19.5. The molecule has 0 fully saturated rings. The maximum atomic E-state index is 12.4. The standard InChI is InChI=1S/C20H26N2O3S/c1-14(2)17-7-9-18(10-8-17)21-20(23)13-22(26(5,24)25)19-11-6-15(3)12-16(19)4/h6-12,14H,13H2,1-5H3,(H,21,23). The number of nitrogens with one attached hydrogen (secondary N) is 1. The van der Waals surface area contributed by atoms with E-state index in [1.807, 2.05) is 50.2 Å². The van der Waals surface area contributed by atoms with Crippen LogP contribution < -0.4 is 9.62 Å². The lowest BCUT2D eigenvalue weighted by atomic mass is 10.0. The summed E-state index contributed by atoms with van der Waals surface area (Å²) in [5.41, 5.74) is 4.19. The van der Waals surface area contributed by atoms with Gasteiger partial charge in [0.1, 0.15) is 6.54 Å². The number of carbonyl (C=O) groups is 1. The van der Waals surface area contributed by atoms with Gasteiger partial charge in [0.2, 0.25) is 15.9 Å². The third kappa shape index (κ3) is 5.08. The van der Waals surface area contributed by atoms with Crippen molar-refractivity contribution < 1.29 is 13.2 Å². The van der Waals surface area contributed by atoms with E-state index in [4.69, 9.17) is 0 Å². The third-order valence-corrected chi connectivity index (χ3v) is 5.30. The van der Waals surface area contributed by atoms with Crippen LogP contribution in [0.1, 0.15) is 36.5 Å². The molecule has 0 bridgehead atoms. The van der Waals surface area contributed by atoms with E-state index >= 15 is 0 Å². The fourth-order valence-electron chi connectivity index (χ4n) is 2.75. The van der Waals surface area contributed by atoms with Crippen molar-refractivity contribution >= 4 is 27.3 Å². The molecule has 0 radical (unpaired) electrons. The molecule has 6 heteroatoms. The highest BCUT2D eigenvalue weighted by atomic mass is 32.2. The summed E-state index contributed by atoms with van der Waals surface area (Å²) in [7, 11) is -3.59. The Morgan fingerprint density at radius 2 is 1.69 bits per heavy atom. The molecular weight excluding hydrogens is 348 g/mol. The summed E-state index contributed by atoms with van der Waals surface area (Å²) >= 11 is 0. The quantitative estimate of drug-likeness (QED) is 0.835. The average Bonchev–Trinajstić information content (AvgIpc) is 2.53. The molecule has 5 nitrogen and oxygen atoms in total. The molecule has 2 rings (SSSR count). The molecular formula is C20H26N2O3S. The van der Waals surface area contributed by atoms with Crippen molar-refractivity contribution in [2.75, 3.05) is 22.4 Å².